The molecule has 1 atom stereocenters. The van der Waals surface area contributed by atoms with Crippen molar-refractivity contribution in [3.8, 4) is 0 Å². The lowest BCUT2D eigenvalue weighted by molar-refractivity contribution is -0.122. The van der Waals surface area contributed by atoms with Gasteiger partial charge in [0.1, 0.15) is 6.54 Å². The summed E-state index contributed by atoms with van der Waals surface area (Å²) < 4.78 is 1.61. The zero-order valence-electron chi connectivity index (χ0n) is 13.1. The Kier molecular flexibility index (Phi) is 4.26. The maximum atomic E-state index is 12.3. The van der Waals surface area contributed by atoms with E-state index in [0.717, 1.165) is 41.9 Å². The van der Waals surface area contributed by atoms with Crippen LogP contribution in [0.2, 0.25) is 5.02 Å². The first-order valence-electron chi connectivity index (χ1n) is 7.66. The number of hydrogen-bond acceptors (Lipinski definition) is 3. The predicted octanol–water partition coefficient (Wildman–Crippen LogP) is 2.04. The van der Waals surface area contributed by atoms with Crippen molar-refractivity contribution in [3.63, 3.8) is 0 Å². The smallest absolute Gasteiger partial charge is 0.248 e. The van der Waals surface area contributed by atoms with Gasteiger partial charge in [-0.05, 0) is 44.7 Å². The number of carbonyl (C=O) groups excluding carboxylic acids is 1. The number of nitrogens with one attached hydrogen (secondary N) is 2. The second-order valence-electron chi connectivity index (χ2n) is 5.91. The summed E-state index contributed by atoms with van der Waals surface area (Å²) in [5.74, 6) is -0.115. The Morgan fingerprint density at radius 1 is 1.48 bits per heavy atom. The van der Waals surface area contributed by atoms with E-state index in [0.29, 0.717) is 5.02 Å². The molecule has 3 rings (SSSR count). The van der Waals surface area contributed by atoms with Gasteiger partial charge in [-0.2, -0.15) is 5.10 Å². The highest BCUT2D eigenvalue weighted by Crippen LogP contribution is 2.27. The highest BCUT2D eigenvalue weighted by Gasteiger charge is 2.23. The van der Waals surface area contributed by atoms with Crippen LogP contribution in [0, 0.1) is 13.8 Å². The van der Waals surface area contributed by atoms with Crippen LogP contribution in [0.5, 0.6) is 0 Å². The first kappa shape index (κ1) is 15.8. The lowest BCUT2D eigenvalue weighted by Gasteiger charge is -2.26. The SMILES string of the molecule is Cc1nn(CC(=O)N[C@H]2CCCc3[nH]c(=O)ccc32)c(C)c1Cl. The van der Waals surface area contributed by atoms with Crippen LogP contribution in [0.3, 0.4) is 0 Å². The molecule has 23 heavy (non-hydrogen) atoms. The topological polar surface area (TPSA) is 79.8 Å². The third-order valence-corrected chi connectivity index (χ3v) is 4.80. The molecular formula is C16H19ClN4O2. The average Bonchev–Trinajstić information content (AvgIpc) is 2.74. The molecule has 1 amide bonds. The maximum absolute atomic E-state index is 12.3. The third kappa shape index (κ3) is 3.17. The Balaban J connectivity index is 1.74. The number of carbonyl (C=O) groups is 1. The number of aryl methyl sites for hydroxylation is 2. The fourth-order valence-corrected chi connectivity index (χ4v) is 3.19. The normalized spacial score (nSPS) is 16.9. The number of aromatic nitrogens is 3. The minimum absolute atomic E-state index is 0.0736. The van der Waals surface area contributed by atoms with Gasteiger partial charge in [-0.3, -0.25) is 14.3 Å². The van der Waals surface area contributed by atoms with E-state index in [1.54, 1.807) is 10.7 Å². The van der Waals surface area contributed by atoms with Crippen molar-refractivity contribution in [2.45, 2.75) is 45.7 Å². The van der Waals surface area contributed by atoms with Gasteiger partial charge >= 0.3 is 0 Å². The number of rotatable bonds is 3. The standard InChI is InChI=1S/C16H19ClN4O2/c1-9-16(17)10(2)21(20-9)8-15(23)19-13-5-3-4-12-11(13)6-7-14(22)18-12/h6-7,13H,3-5,8H2,1-2H3,(H,18,22)(H,19,23)/t13-/m0/s1. The largest absolute Gasteiger partial charge is 0.348 e. The lowest BCUT2D eigenvalue weighted by atomic mass is 9.91. The molecule has 1 aliphatic carbocycles. The molecule has 2 aromatic heterocycles. The molecule has 0 bridgehead atoms. The zero-order valence-corrected chi connectivity index (χ0v) is 13.9. The molecule has 0 spiro atoms. The summed E-state index contributed by atoms with van der Waals surface area (Å²) in [6.07, 6.45) is 2.64. The minimum Gasteiger partial charge on any atom is -0.348 e. The first-order chi connectivity index (χ1) is 11.0. The van der Waals surface area contributed by atoms with E-state index in [4.69, 9.17) is 11.6 Å². The molecule has 0 fully saturated rings. The molecule has 2 aromatic rings. The van der Waals surface area contributed by atoms with Gasteiger partial charge in [0.05, 0.1) is 22.5 Å². The summed E-state index contributed by atoms with van der Waals surface area (Å²) in [6.45, 7) is 3.79. The zero-order chi connectivity index (χ0) is 16.6. The van der Waals surface area contributed by atoms with E-state index < -0.39 is 0 Å². The lowest BCUT2D eigenvalue weighted by Crippen LogP contribution is -2.34. The third-order valence-electron chi connectivity index (χ3n) is 4.25. The van der Waals surface area contributed by atoms with E-state index in [-0.39, 0.29) is 24.1 Å². The Labute approximate surface area is 138 Å². The van der Waals surface area contributed by atoms with Crippen LogP contribution < -0.4 is 10.9 Å². The van der Waals surface area contributed by atoms with Crippen molar-refractivity contribution >= 4 is 17.5 Å². The van der Waals surface area contributed by atoms with E-state index in [1.165, 1.54) is 6.07 Å². The average molecular weight is 335 g/mol. The molecule has 0 saturated heterocycles. The highest BCUT2D eigenvalue weighted by atomic mass is 35.5. The Morgan fingerprint density at radius 2 is 2.26 bits per heavy atom. The summed E-state index contributed by atoms with van der Waals surface area (Å²) in [7, 11) is 0. The van der Waals surface area contributed by atoms with Crippen LogP contribution >= 0.6 is 11.6 Å². The number of hydrogen-bond donors (Lipinski definition) is 2. The summed E-state index contributed by atoms with van der Waals surface area (Å²) >= 11 is 6.11. The van der Waals surface area contributed by atoms with E-state index in [9.17, 15) is 9.59 Å². The fraction of sp³-hybridized carbons (Fsp3) is 0.438. The van der Waals surface area contributed by atoms with Crippen molar-refractivity contribution in [1.82, 2.24) is 20.1 Å². The van der Waals surface area contributed by atoms with E-state index in [1.807, 2.05) is 13.8 Å². The number of fused-ring (bicyclic) bond motifs is 1. The van der Waals surface area contributed by atoms with Crippen molar-refractivity contribution in [2.24, 2.45) is 0 Å². The maximum Gasteiger partial charge on any atom is 0.248 e. The second-order valence-corrected chi connectivity index (χ2v) is 6.29. The molecule has 0 saturated carbocycles. The summed E-state index contributed by atoms with van der Waals surface area (Å²) in [5, 5.41) is 7.90. The van der Waals surface area contributed by atoms with E-state index >= 15 is 0 Å². The number of amides is 1. The molecule has 122 valence electrons. The highest BCUT2D eigenvalue weighted by molar-refractivity contribution is 6.31. The molecule has 7 heteroatoms. The summed E-state index contributed by atoms with van der Waals surface area (Å²) in [5.41, 5.74) is 3.32. The van der Waals surface area contributed by atoms with Crippen LogP contribution in [-0.2, 0) is 17.8 Å². The first-order valence-corrected chi connectivity index (χ1v) is 8.04. The second kappa shape index (κ2) is 6.20. The minimum atomic E-state index is -0.115. The van der Waals surface area contributed by atoms with Crippen molar-refractivity contribution in [3.05, 3.63) is 50.2 Å². The van der Waals surface area contributed by atoms with Gasteiger partial charge in [0, 0.05) is 11.8 Å². The predicted molar refractivity (Wildman–Crippen MR) is 87.6 cm³/mol. The number of pyridine rings is 1. The molecule has 2 heterocycles. The van der Waals surface area contributed by atoms with Crippen LogP contribution in [0.15, 0.2) is 16.9 Å². The van der Waals surface area contributed by atoms with Crippen molar-refractivity contribution < 1.29 is 4.79 Å². The molecule has 1 aliphatic rings. The van der Waals surface area contributed by atoms with Crippen LogP contribution in [0.4, 0.5) is 0 Å². The Bertz CT molecular complexity index is 809. The fourth-order valence-electron chi connectivity index (χ4n) is 3.06. The van der Waals surface area contributed by atoms with Crippen LogP contribution in [-0.4, -0.2) is 20.7 Å². The quantitative estimate of drug-likeness (QED) is 0.901. The number of aromatic amines is 1. The summed E-state index contributed by atoms with van der Waals surface area (Å²) in [6, 6.07) is 3.23. The van der Waals surface area contributed by atoms with Gasteiger partial charge in [-0.1, -0.05) is 11.6 Å². The van der Waals surface area contributed by atoms with Crippen LogP contribution in [0.1, 0.15) is 41.5 Å². The molecular weight excluding hydrogens is 316 g/mol. The molecule has 0 unspecified atom stereocenters. The molecule has 0 aromatic carbocycles. The Hall–Kier alpha value is -2.08. The number of nitrogens with zero attached hydrogens (tertiary/aromatic N) is 2. The van der Waals surface area contributed by atoms with Gasteiger partial charge in [-0.15, -0.1) is 0 Å². The molecule has 0 radical (unpaired) electrons. The summed E-state index contributed by atoms with van der Waals surface area (Å²) in [4.78, 5) is 26.6. The van der Waals surface area contributed by atoms with Gasteiger partial charge in [0.15, 0.2) is 0 Å². The van der Waals surface area contributed by atoms with Gasteiger partial charge in [-0.25, -0.2) is 0 Å². The van der Waals surface area contributed by atoms with E-state index in [2.05, 4.69) is 15.4 Å². The number of halogens is 1. The van der Waals surface area contributed by atoms with Crippen molar-refractivity contribution in [1.29, 1.82) is 0 Å². The van der Waals surface area contributed by atoms with Gasteiger partial charge in [0.2, 0.25) is 11.5 Å². The molecule has 6 nitrogen and oxygen atoms in total. The molecule has 0 aliphatic heterocycles. The van der Waals surface area contributed by atoms with Crippen LogP contribution in [0.25, 0.3) is 0 Å². The number of H-pyrrole nitrogens is 1. The van der Waals surface area contributed by atoms with Gasteiger partial charge in [0.25, 0.3) is 0 Å². The Morgan fingerprint density at radius 3 is 2.96 bits per heavy atom. The molecule has 2 N–H and O–H groups in total. The van der Waals surface area contributed by atoms with Gasteiger partial charge < -0.3 is 10.3 Å². The van der Waals surface area contributed by atoms with Crippen molar-refractivity contribution in [2.75, 3.05) is 0 Å². The monoisotopic (exact) mass is 334 g/mol.